The lowest BCUT2D eigenvalue weighted by Gasteiger charge is -2.00. The Hall–Kier alpha value is -3.26. The smallest absolute Gasteiger partial charge is 0.281 e. The number of nitro groups is 1. The van der Waals surface area contributed by atoms with Gasteiger partial charge in [0, 0.05) is 17.2 Å². The van der Waals surface area contributed by atoms with E-state index in [0.717, 1.165) is 0 Å². The number of benzene rings is 1. The van der Waals surface area contributed by atoms with E-state index in [1.807, 2.05) is 0 Å². The molecule has 3 rings (SSSR count). The summed E-state index contributed by atoms with van der Waals surface area (Å²) in [6.45, 7) is 1.68. The van der Waals surface area contributed by atoms with Crippen LogP contribution in [0.2, 0.25) is 0 Å². The van der Waals surface area contributed by atoms with Gasteiger partial charge in [-0.25, -0.2) is 5.43 Å². The van der Waals surface area contributed by atoms with Crippen LogP contribution in [0.4, 0.5) is 5.69 Å². The molecule has 25 heavy (non-hydrogen) atoms. The van der Waals surface area contributed by atoms with Gasteiger partial charge in [-0.2, -0.15) is 5.10 Å². The molecular formula is C17H13N3O4S. The second-order valence-electron chi connectivity index (χ2n) is 5.14. The maximum atomic E-state index is 11.7. The highest BCUT2D eigenvalue weighted by Gasteiger charge is 2.13. The molecule has 0 atom stereocenters. The zero-order chi connectivity index (χ0) is 17.8. The largest absolute Gasteiger partial charge is 0.455 e. The van der Waals surface area contributed by atoms with Crippen molar-refractivity contribution in [3.8, 4) is 11.3 Å². The van der Waals surface area contributed by atoms with E-state index in [1.165, 1.54) is 23.6 Å². The van der Waals surface area contributed by atoms with Crippen molar-refractivity contribution in [1.82, 2.24) is 5.43 Å². The average Bonchev–Trinajstić information content (AvgIpc) is 3.27. The Labute approximate surface area is 146 Å². The van der Waals surface area contributed by atoms with Gasteiger partial charge in [-0.15, -0.1) is 11.3 Å². The Morgan fingerprint density at radius 3 is 2.88 bits per heavy atom. The van der Waals surface area contributed by atoms with Crippen LogP contribution in [0.3, 0.4) is 0 Å². The highest BCUT2D eigenvalue weighted by Crippen LogP contribution is 2.27. The predicted octanol–water partition coefficient (Wildman–Crippen LogP) is 3.99. The summed E-state index contributed by atoms with van der Waals surface area (Å²) in [6.07, 6.45) is 1.37. The summed E-state index contributed by atoms with van der Waals surface area (Å²) in [5, 5.41) is 16.7. The van der Waals surface area contributed by atoms with Crippen LogP contribution in [-0.4, -0.2) is 17.0 Å². The van der Waals surface area contributed by atoms with Crippen LogP contribution in [0.15, 0.2) is 57.4 Å². The van der Waals surface area contributed by atoms with Crippen LogP contribution in [-0.2, 0) is 0 Å². The van der Waals surface area contributed by atoms with Gasteiger partial charge in [0.25, 0.3) is 11.6 Å². The number of hydrogen-bond acceptors (Lipinski definition) is 6. The minimum Gasteiger partial charge on any atom is -0.455 e. The number of nitro benzene ring substituents is 1. The molecule has 2 aromatic heterocycles. The third-order valence-corrected chi connectivity index (χ3v) is 4.29. The van der Waals surface area contributed by atoms with E-state index in [-0.39, 0.29) is 11.6 Å². The molecule has 2 heterocycles. The van der Waals surface area contributed by atoms with E-state index < -0.39 is 4.92 Å². The molecule has 0 fully saturated rings. The van der Waals surface area contributed by atoms with E-state index in [4.69, 9.17) is 4.42 Å². The van der Waals surface area contributed by atoms with Gasteiger partial charge >= 0.3 is 0 Å². The molecule has 0 bridgehead atoms. The predicted molar refractivity (Wildman–Crippen MR) is 94.9 cm³/mol. The lowest BCUT2D eigenvalue weighted by Crippen LogP contribution is -2.15. The number of rotatable bonds is 5. The average molecular weight is 355 g/mol. The summed E-state index contributed by atoms with van der Waals surface area (Å²) in [5.41, 5.74) is 3.62. The first kappa shape index (κ1) is 16.6. The SMILES string of the molecule is Cc1ccc(-c2ccc(/C=N\NC(=O)c3cccs3)o2)cc1[N+](=O)[O-]. The molecule has 0 aliphatic rings. The molecule has 7 nitrogen and oxygen atoms in total. The van der Waals surface area contributed by atoms with Gasteiger partial charge in [0.1, 0.15) is 11.5 Å². The van der Waals surface area contributed by atoms with Gasteiger partial charge in [-0.1, -0.05) is 18.2 Å². The van der Waals surface area contributed by atoms with Crippen LogP contribution in [0.1, 0.15) is 21.0 Å². The maximum absolute atomic E-state index is 11.7. The van der Waals surface area contributed by atoms with Crippen molar-refractivity contribution in [2.24, 2.45) is 5.10 Å². The highest BCUT2D eigenvalue weighted by molar-refractivity contribution is 7.12. The van der Waals surface area contributed by atoms with Crippen molar-refractivity contribution in [3.05, 3.63) is 74.2 Å². The molecule has 1 amide bonds. The summed E-state index contributed by atoms with van der Waals surface area (Å²) in [6, 6.07) is 11.7. The number of hydrogen-bond donors (Lipinski definition) is 1. The minimum absolute atomic E-state index is 0.0346. The monoisotopic (exact) mass is 355 g/mol. The van der Waals surface area contributed by atoms with Crippen LogP contribution in [0, 0.1) is 17.0 Å². The fourth-order valence-corrected chi connectivity index (χ4v) is 2.77. The first-order valence-corrected chi connectivity index (χ1v) is 8.15. The van der Waals surface area contributed by atoms with E-state index in [2.05, 4.69) is 10.5 Å². The van der Waals surface area contributed by atoms with E-state index in [1.54, 1.807) is 48.7 Å². The zero-order valence-corrected chi connectivity index (χ0v) is 13.9. The normalized spacial score (nSPS) is 10.9. The third kappa shape index (κ3) is 3.81. The van der Waals surface area contributed by atoms with Gasteiger partial charge in [-0.3, -0.25) is 14.9 Å². The number of hydrazone groups is 1. The molecule has 0 aliphatic carbocycles. The van der Waals surface area contributed by atoms with Crippen molar-refractivity contribution in [3.63, 3.8) is 0 Å². The van der Waals surface area contributed by atoms with Gasteiger partial charge in [0.2, 0.25) is 0 Å². The van der Waals surface area contributed by atoms with Crippen molar-refractivity contribution in [2.75, 3.05) is 0 Å². The standard InChI is InChI=1S/C17H13N3O4S/c1-11-4-5-12(9-14(11)20(22)23)15-7-6-13(24-15)10-18-19-17(21)16-3-2-8-25-16/h2-10H,1H3,(H,19,21)/b18-10-. The van der Waals surface area contributed by atoms with Crippen LogP contribution >= 0.6 is 11.3 Å². The molecule has 0 radical (unpaired) electrons. The fourth-order valence-electron chi connectivity index (χ4n) is 2.15. The molecule has 3 aromatic rings. The number of carbonyl (C=O) groups is 1. The number of amides is 1. The molecule has 0 spiro atoms. The quantitative estimate of drug-likeness (QED) is 0.425. The highest BCUT2D eigenvalue weighted by atomic mass is 32.1. The van der Waals surface area contributed by atoms with Gasteiger partial charge in [-0.05, 0) is 30.5 Å². The number of nitrogens with one attached hydrogen (secondary N) is 1. The van der Waals surface area contributed by atoms with Crippen LogP contribution in [0.25, 0.3) is 11.3 Å². The summed E-state index contributed by atoms with van der Waals surface area (Å²) >= 11 is 1.32. The van der Waals surface area contributed by atoms with Gasteiger partial charge in [0.05, 0.1) is 16.0 Å². The molecular weight excluding hydrogens is 342 g/mol. The topological polar surface area (TPSA) is 97.7 Å². The van der Waals surface area contributed by atoms with Gasteiger partial charge < -0.3 is 4.42 Å². The Morgan fingerprint density at radius 2 is 2.16 bits per heavy atom. The molecule has 0 saturated heterocycles. The second kappa shape index (κ2) is 7.10. The number of nitrogens with zero attached hydrogens (tertiary/aromatic N) is 2. The molecule has 1 aromatic carbocycles. The number of aryl methyl sites for hydroxylation is 1. The number of carbonyl (C=O) groups excluding carboxylic acids is 1. The summed E-state index contributed by atoms with van der Waals surface area (Å²) < 4.78 is 5.60. The second-order valence-corrected chi connectivity index (χ2v) is 6.08. The molecule has 0 unspecified atom stereocenters. The Kier molecular flexibility index (Phi) is 4.71. The van der Waals surface area contributed by atoms with Crippen molar-refractivity contribution in [2.45, 2.75) is 6.92 Å². The zero-order valence-electron chi connectivity index (χ0n) is 13.1. The van der Waals surface area contributed by atoms with Crippen LogP contribution in [0.5, 0.6) is 0 Å². The molecule has 8 heteroatoms. The first-order valence-electron chi connectivity index (χ1n) is 7.27. The molecule has 0 saturated carbocycles. The van der Waals surface area contributed by atoms with Crippen molar-refractivity contribution >= 4 is 29.1 Å². The van der Waals surface area contributed by atoms with E-state index >= 15 is 0 Å². The first-order chi connectivity index (χ1) is 12.0. The Balaban J connectivity index is 1.72. The summed E-state index contributed by atoms with van der Waals surface area (Å²) in [7, 11) is 0. The van der Waals surface area contributed by atoms with Crippen molar-refractivity contribution < 1.29 is 14.1 Å². The van der Waals surface area contributed by atoms with Crippen molar-refractivity contribution in [1.29, 1.82) is 0 Å². The lowest BCUT2D eigenvalue weighted by atomic mass is 10.1. The molecule has 126 valence electrons. The van der Waals surface area contributed by atoms with Crippen LogP contribution < -0.4 is 5.43 Å². The number of thiophene rings is 1. The molecule has 1 N–H and O–H groups in total. The maximum Gasteiger partial charge on any atom is 0.281 e. The van der Waals surface area contributed by atoms with E-state index in [9.17, 15) is 14.9 Å². The molecule has 0 aliphatic heterocycles. The summed E-state index contributed by atoms with van der Waals surface area (Å²) in [5.74, 6) is 0.603. The van der Waals surface area contributed by atoms with Gasteiger partial charge in [0.15, 0.2) is 0 Å². The fraction of sp³-hybridized carbons (Fsp3) is 0.0588. The Morgan fingerprint density at radius 1 is 1.32 bits per heavy atom. The Bertz CT molecular complexity index is 945. The van der Waals surface area contributed by atoms with E-state index in [0.29, 0.717) is 27.5 Å². The third-order valence-electron chi connectivity index (χ3n) is 3.42. The minimum atomic E-state index is -0.426. The lowest BCUT2D eigenvalue weighted by molar-refractivity contribution is -0.385. The summed E-state index contributed by atoms with van der Waals surface area (Å²) in [4.78, 5) is 22.9. The number of furan rings is 1.